The second kappa shape index (κ2) is 6.71. The molecule has 106 valence electrons. The van der Waals surface area contributed by atoms with Crippen LogP contribution in [0.25, 0.3) is 0 Å². The van der Waals surface area contributed by atoms with Crippen molar-refractivity contribution in [2.24, 2.45) is 0 Å². The van der Waals surface area contributed by atoms with Crippen molar-refractivity contribution in [2.45, 2.75) is 46.1 Å². The molecular weight excluding hydrogens is 244 g/mol. The third-order valence-electron chi connectivity index (χ3n) is 3.89. The van der Waals surface area contributed by atoms with E-state index in [9.17, 15) is 5.11 Å². The lowest BCUT2D eigenvalue weighted by Gasteiger charge is -2.16. The highest BCUT2D eigenvalue weighted by Gasteiger charge is 2.10. The maximum atomic E-state index is 10.3. The fourth-order valence-electron chi connectivity index (χ4n) is 2.85. The molecule has 0 aliphatic rings. The fourth-order valence-corrected chi connectivity index (χ4v) is 2.85. The van der Waals surface area contributed by atoms with Gasteiger partial charge in [-0.1, -0.05) is 48.0 Å². The van der Waals surface area contributed by atoms with Crippen LogP contribution < -0.4 is 0 Å². The molecule has 0 heterocycles. The van der Waals surface area contributed by atoms with E-state index in [1.165, 1.54) is 27.8 Å². The fraction of sp³-hybridized carbons (Fsp3) is 0.368. The minimum atomic E-state index is -0.268. The van der Waals surface area contributed by atoms with Gasteiger partial charge in [-0.05, 0) is 62.3 Å². The van der Waals surface area contributed by atoms with E-state index in [-0.39, 0.29) is 6.10 Å². The van der Waals surface area contributed by atoms with Gasteiger partial charge in [0.25, 0.3) is 0 Å². The molecule has 1 atom stereocenters. The van der Waals surface area contributed by atoms with Crippen LogP contribution in [0.4, 0.5) is 0 Å². The number of benzene rings is 2. The van der Waals surface area contributed by atoms with Gasteiger partial charge in [0.15, 0.2) is 0 Å². The van der Waals surface area contributed by atoms with E-state index in [0.717, 1.165) is 19.3 Å². The Kier molecular flexibility index (Phi) is 4.97. The Balaban J connectivity index is 1.96. The van der Waals surface area contributed by atoms with Crippen LogP contribution in [0.3, 0.4) is 0 Å². The third kappa shape index (κ3) is 3.94. The van der Waals surface area contributed by atoms with Gasteiger partial charge in [0.2, 0.25) is 0 Å². The van der Waals surface area contributed by atoms with Crippen molar-refractivity contribution < 1.29 is 5.11 Å². The molecule has 2 rings (SSSR count). The highest BCUT2D eigenvalue weighted by atomic mass is 16.3. The van der Waals surface area contributed by atoms with Crippen molar-refractivity contribution in [2.75, 3.05) is 0 Å². The van der Waals surface area contributed by atoms with E-state index in [0.29, 0.717) is 0 Å². The third-order valence-corrected chi connectivity index (χ3v) is 3.89. The Morgan fingerprint density at radius 3 is 2.15 bits per heavy atom. The normalized spacial score (nSPS) is 12.4. The lowest BCUT2D eigenvalue weighted by atomic mass is 9.93. The quantitative estimate of drug-likeness (QED) is 0.863. The Hall–Kier alpha value is -1.60. The van der Waals surface area contributed by atoms with Crippen LogP contribution in [-0.4, -0.2) is 11.2 Å². The van der Waals surface area contributed by atoms with Crippen molar-refractivity contribution in [1.82, 2.24) is 0 Å². The van der Waals surface area contributed by atoms with E-state index < -0.39 is 0 Å². The van der Waals surface area contributed by atoms with Gasteiger partial charge in [0.1, 0.15) is 0 Å². The molecule has 1 unspecified atom stereocenters. The van der Waals surface area contributed by atoms with Gasteiger partial charge in [0, 0.05) is 0 Å². The average molecular weight is 268 g/mol. The molecule has 2 aromatic carbocycles. The summed E-state index contributed by atoms with van der Waals surface area (Å²) in [5, 5.41) is 10.3. The second-order valence-corrected chi connectivity index (χ2v) is 5.76. The Morgan fingerprint density at radius 1 is 0.950 bits per heavy atom. The molecule has 0 bridgehead atoms. The summed E-state index contributed by atoms with van der Waals surface area (Å²) in [6.45, 7) is 6.40. The van der Waals surface area contributed by atoms with Crippen molar-refractivity contribution in [3.63, 3.8) is 0 Å². The van der Waals surface area contributed by atoms with E-state index in [4.69, 9.17) is 0 Å². The standard InChI is InChI=1S/C19H24O/c1-14-11-15(2)19(16(3)12-14)13-18(20)10-9-17-7-5-4-6-8-17/h4-8,11-12,18,20H,9-10,13H2,1-3H3. The molecule has 1 nitrogen and oxygen atoms in total. The lowest BCUT2D eigenvalue weighted by Crippen LogP contribution is -2.13. The van der Waals surface area contributed by atoms with Crippen LogP contribution in [0.1, 0.15) is 34.2 Å². The summed E-state index contributed by atoms with van der Waals surface area (Å²) in [4.78, 5) is 0. The number of rotatable bonds is 5. The van der Waals surface area contributed by atoms with Crippen LogP contribution in [-0.2, 0) is 12.8 Å². The molecule has 0 aromatic heterocycles. The highest BCUT2D eigenvalue weighted by Crippen LogP contribution is 2.19. The topological polar surface area (TPSA) is 20.2 Å². The minimum absolute atomic E-state index is 0.268. The Labute approximate surface area is 122 Å². The molecule has 1 N–H and O–H groups in total. The molecule has 0 radical (unpaired) electrons. The molecule has 0 amide bonds. The largest absolute Gasteiger partial charge is 0.393 e. The van der Waals surface area contributed by atoms with Gasteiger partial charge in [-0.15, -0.1) is 0 Å². The summed E-state index contributed by atoms with van der Waals surface area (Å²) in [5.74, 6) is 0. The van der Waals surface area contributed by atoms with Crippen molar-refractivity contribution in [1.29, 1.82) is 0 Å². The SMILES string of the molecule is Cc1cc(C)c(CC(O)CCc2ccccc2)c(C)c1. The Bertz CT molecular complexity index is 534. The minimum Gasteiger partial charge on any atom is -0.393 e. The zero-order valence-electron chi connectivity index (χ0n) is 12.7. The first-order valence-corrected chi connectivity index (χ1v) is 7.35. The summed E-state index contributed by atoms with van der Waals surface area (Å²) in [5.41, 5.74) is 6.48. The summed E-state index contributed by atoms with van der Waals surface area (Å²) in [6.07, 6.45) is 2.24. The number of aryl methyl sites for hydroxylation is 4. The smallest absolute Gasteiger partial charge is 0.0583 e. The molecule has 0 aliphatic heterocycles. The molecule has 0 fully saturated rings. The number of hydrogen-bond acceptors (Lipinski definition) is 1. The van der Waals surface area contributed by atoms with Gasteiger partial charge >= 0.3 is 0 Å². The maximum Gasteiger partial charge on any atom is 0.0583 e. The van der Waals surface area contributed by atoms with E-state index in [2.05, 4.69) is 57.2 Å². The predicted molar refractivity (Wildman–Crippen MR) is 85.1 cm³/mol. The molecule has 0 aliphatic carbocycles. The molecule has 0 saturated heterocycles. The van der Waals surface area contributed by atoms with E-state index in [1.54, 1.807) is 0 Å². The molecule has 20 heavy (non-hydrogen) atoms. The highest BCUT2D eigenvalue weighted by molar-refractivity contribution is 5.37. The monoisotopic (exact) mass is 268 g/mol. The molecular formula is C19H24O. The Morgan fingerprint density at radius 2 is 1.55 bits per heavy atom. The predicted octanol–water partition coefficient (Wildman–Crippen LogP) is 4.15. The van der Waals surface area contributed by atoms with Crippen LogP contribution in [0, 0.1) is 20.8 Å². The van der Waals surface area contributed by atoms with Crippen molar-refractivity contribution >= 4 is 0 Å². The van der Waals surface area contributed by atoms with Crippen LogP contribution in [0.15, 0.2) is 42.5 Å². The first kappa shape index (κ1) is 14.8. The average Bonchev–Trinajstić information content (AvgIpc) is 2.42. The van der Waals surface area contributed by atoms with Gasteiger partial charge in [-0.25, -0.2) is 0 Å². The summed E-state index contributed by atoms with van der Waals surface area (Å²) in [7, 11) is 0. The van der Waals surface area contributed by atoms with Crippen LogP contribution in [0.5, 0.6) is 0 Å². The van der Waals surface area contributed by atoms with E-state index >= 15 is 0 Å². The molecule has 0 saturated carbocycles. The summed E-state index contributed by atoms with van der Waals surface area (Å²) >= 11 is 0. The van der Waals surface area contributed by atoms with Gasteiger partial charge in [-0.2, -0.15) is 0 Å². The first-order valence-electron chi connectivity index (χ1n) is 7.35. The zero-order chi connectivity index (χ0) is 14.5. The molecule has 2 aromatic rings. The summed E-state index contributed by atoms with van der Waals surface area (Å²) < 4.78 is 0. The first-order chi connectivity index (χ1) is 9.56. The van der Waals surface area contributed by atoms with E-state index in [1.807, 2.05) is 6.07 Å². The van der Waals surface area contributed by atoms with Crippen LogP contribution in [0.2, 0.25) is 0 Å². The van der Waals surface area contributed by atoms with Crippen molar-refractivity contribution in [3.8, 4) is 0 Å². The van der Waals surface area contributed by atoms with Crippen molar-refractivity contribution in [3.05, 3.63) is 70.3 Å². The van der Waals surface area contributed by atoms with Gasteiger partial charge in [0.05, 0.1) is 6.10 Å². The van der Waals surface area contributed by atoms with Crippen LogP contribution >= 0.6 is 0 Å². The maximum absolute atomic E-state index is 10.3. The summed E-state index contributed by atoms with van der Waals surface area (Å²) in [6, 6.07) is 14.8. The molecule has 0 spiro atoms. The zero-order valence-corrected chi connectivity index (χ0v) is 12.7. The number of hydrogen-bond donors (Lipinski definition) is 1. The number of aliphatic hydroxyl groups is 1. The molecule has 1 heteroatoms. The van der Waals surface area contributed by atoms with Gasteiger partial charge in [-0.3, -0.25) is 0 Å². The second-order valence-electron chi connectivity index (χ2n) is 5.76. The lowest BCUT2D eigenvalue weighted by molar-refractivity contribution is 0.165. The number of aliphatic hydroxyl groups excluding tert-OH is 1. The van der Waals surface area contributed by atoms with Gasteiger partial charge < -0.3 is 5.11 Å².